The summed E-state index contributed by atoms with van der Waals surface area (Å²) in [6, 6.07) is 7.94. The third-order valence-electron chi connectivity index (χ3n) is 2.73. The maximum absolute atomic E-state index is 13.3. The molecule has 0 bridgehead atoms. The molecule has 0 saturated heterocycles. The fraction of sp³-hybridized carbons (Fsp3) is 0. The molecule has 0 atom stereocenters. The van der Waals surface area contributed by atoms with Crippen molar-refractivity contribution >= 4 is 37.0 Å². The van der Waals surface area contributed by atoms with Crippen molar-refractivity contribution in [2.45, 2.75) is 0 Å². The number of hydrogen-bond donors (Lipinski definition) is 1. The topological polar surface area (TPSA) is 50.7 Å². The molecule has 0 radical (unpaired) electrons. The summed E-state index contributed by atoms with van der Waals surface area (Å²) in [5.41, 5.74) is 1.76. The van der Waals surface area contributed by atoms with Crippen LogP contribution < -0.4 is 5.56 Å². The Balaban J connectivity index is 2.40. The molecule has 0 aliphatic heterocycles. The molecule has 4 nitrogen and oxygen atoms in total. The number of nitrogens with zero attached hydrogens (tertiary/aromatic N) is 2. The van der Waals surface area contributed by atoms with Gasteiger partial charge >= 0.3 is 118 Å². The van der Waals surface area contributed by atoms with Crippen molar-refractivity contribution in [1.82, 2.24) is 12.6 Å². The Morgan fingerprint density at radius 1 is 1.33 bits per heavy atom. The van der Waals surface area contributed by atoms with Crippen molar-refractivity contribution in [3.8, 4) is 11.3 Å². The quantitative estimate of drug-likeness (QED) is 0.592. The van der Waals surface area contributed by atoms with Crippen molar-refractivity contribution in [2.24, 2.45) is 0 Å². The summed E-state index contributed by atoms with van der Waals surface area (Å²) in [6.45, 7) is 0. The Kier molecular flexibility index (Phi) is 2.77. The van der Waals surface area contributed by atoms with Crippen LogP contribution in [0.25, 0.3) is 22.2 Å². The second-order valence-electron chi connectivity index (χ2n) is 3.87. The molecule has 1 N–H and O–H groups in total. The summed E-state index contributed by atoms with van der Waals surface area (Å²) >= 11 is 0.446. The van der Waals surface area contributed by atoms with Crippen molar-refractivity contribution in [3.05, 3.63) is 52.7 Å². The molecule has 6 heteroatoms. The van der Waals surface area contributed by atoms with Gasteiger partial charge in [0.1, 0.15) is 0 Å². The first-order chi connectivity index (χ1) is 8.66. The average molecular weight is 433 g/mol. The van der Waals surface area contributed by atoms with Gasteiger partial charge in [-0.15, -0.1) is 0 Å². The van der Waals surface area contributed by atoms with Crippen LogP contribution in [-0.2, 0) is 0 Å². The molecule has 1 aromatic carbocycles. The number of halogens is 1. The molecule has 0 aliphatic rings. The molecule has 86 valence electrons. The Labute approximate surface area is 118 Å². The van der Waals surface area contributed by atoms with Crippen molar-refractivity contribution in [1.29, 1.82) is 0 Å². The van der Waals surface area contributed by atoms with Gasteiger partial charge in [-0.2, -0.15) is 0 Å². The second-order valence-corrected chi connectivity index (χ2v) is 5.77. The van der Waals surface area contributed by atoms with E-state index in [2.05, 4.69) is 10.1 Å². The molecule has 2 heterocycles. The molecule has 2 aromatic heterocycles. The van der Waals surface area contributed by atoms with Gasteiger partial charge in [0, 0.05) is 0 Å². The average Bonchev–Trinajstić information content (AvgIpc) is 2.69. The maximum atomic E-state index is 13.3. The van der Waals surface area contributed by atoms with Crippen LogP contribution in [0, 0.1) is 5.82 Å². The van der Waals surface area contributed by atoms with Crippen LogP contribution in [0.3, 0.4) is 0 Å². The van der Waals surface area contributed by atoms with E-state index < -0.39 is 0 Å². The van der Waals surface area contributed by atoms with E-state index in [1.807, 2.05) is 6.07 Å². The number of nitrogens with one attached hydrogen (secondary N) is 1. The van der Waals surface area contributed by atoms with Crippen LogP contribution in [0.1, 0.15) is 0 Å². The van der Waals surface area contributed by atoms with Gasteiger partial charge in [0.2, 0.25) is 0 Å². The van der Waals surface area contributed by atoms with Gasteiger partial charge in [-0.05, 0) is 0 Å². The van der Waals surface area contributed by atoms with Crippen LogP contribution in [0.15, 0.2) is 41.3 Å². The summed E-state index contributed by atoms with van der Waals surface area (Å²) in [6.07, 6.45) is 1.60. The van der Waals surface area contributed by atoms with Crippen LogP contribution in [0.5, 0.6) is 0 Å². The van der Waals surface area contributed by atoms with Gasteiger partial charge in [-0.3, -0.25) is 0 Å². The number of rotatable bonds is 1. The van der Waals surface area contributed by atoms with Gasteiger partial charge < -0.3 is 0 Å². The Hall–Kier alpha value is -1.51. The molecule has 0 unspecified atom stereocenters. The molecule has 0 fully saturated rings. The van der Waals surface area contributed by atoms with E-state index >= 15 is 0 Å². The fourth-order valence-corrected chi connectivity index (χ4v) is 3.22. The van der Waals surface area contributed by atoms with Gasteiger partial charge in [0.25, 0.3) is 0 Å². The molecule has 0 amide bonds. The first-order valence-electron chi connectivity index (χ1n) is 5.28. The van der Waals surface area contributed by atoms with Gasteiger partial charge in [-0.1, -0.05) is 0 Å². The molecule has 3 rings (SSSR count). The summed E-state index contributed by atoms with van der Waals surface area (Å²) in [5.74, 6) is -0.335. The first kappa shape index (κ1) is 11.6. The summed E-state index contributed by atoms with van der Waals surface area (Å²) < 4.78 is 15.0. The Morgan fingerprint density at radius 3 is 2.94 bits per heavy atom. The molecular formula is C12H7FN3OTl. The van der Waals surface area contributed by atoms with E-state index in [9.17, 15) is 9.18 Å². The molecule has 0 aliphatic carbocycles. The van der Waals surface area contributed by atoms with E-state index in [4.69, 9.17) is 0 Å². The number of pyridine rings is 1. The van der Waals surface area contributed by atoms with Gasteiger partial charge in [-0.25, -0.2) is 0 Å². The zero-order valence-electron chi connectivity index (χ0n) is 9.22. The standard InChI is InChI=1S/C12H8FN3O.Tl/c13-8-3-1-2-7(6-8)11-10-9(15-16-11)4-5-14-12(10)17;/h1-6H,(H2,14,15,16,17);/q;+1/p-1. The van der Waals surface area contributed by atoms with Gasteiger partial charge in [0.15, 0.2) is 0 Å². The second kappa shape index (κ2) is 4.30. The Bertz CT molecular complexity index is 793. The van der Waals surface area contributed by atoms with E-state index in [0.29, 0.717) is 42.7 Å². The molecular weight excluding hydrogens is 426 g/mol. The predicted octanol–water partition coefficient (Wildman–Crippen LogP) is 1.46. The van der Waals surface area contributed by atoms with Crippen LogP contribution in [0.4, 0.5) is 4.39 Å². The monoisotopic (exact) mass is 433 g/mol. The van der Waals surface area contributed by atoms with E-state index in [1.165, 1.54) is 12.1 Å². The summed E-state index contributed by atoms with van der Waals surface area (Å²) in [7, 11) is 0. The number of hydrogen-bond acceptors (Lipinski definition) is 2. The molecule has 3 aromatic rings. The van der Waals surface area contributed by atoms with Gasteiger partial charge in [0.05, 0.1) is 0 Å². The van der Waals surface area contributed by atoms with Crippen molar-refractivity contribution in [2.75, 3.05) is 0 Å². The zero-order chi connectivity index (χ0) is 12.7. The molecule has 0 saturated carbocycles. The van der Waals surface area contributed by atoms with E-state index in [1.54, 1.807) is 20.8 Å². The third kappa shape index (κ3) is 1.78. The summed E-state index contributed by atoms with van der Waals surface area (Å²) in [4.78, 5) is 14.5. The number of fused-ring (bicyclic) bond motifs is 1. The number of aromatic nitrogens is 3. The third-order valence-corrected chi connectivity index (χ3v) is 4.26. The van der Waals surface area contributed by atoms with Crippen LogP contribution >= 0.6 is 0 Å². The van der Waals surface area contributed by atoms with Crippen molar-refractivity contribution < 1.29 is 4.39 Å². The predicted molar refractivity (Wildman–Crippen MR) is 66.9 cm³/mol. The van der Waals surface area contributed by atoms with Crippen LogP contribution in [-0.4, -0.2) is 38.6 Å². The number of H-pyrrole nitrogens is 1. The number of aromatic amines is 1. The Morgan fingerprint density at radius 2 is 2.17 bits per heavy atom. The van der Waals surface area contributed by atoms with E-state index in [0.717, 1.165) is 5.52 Å². The SMILES string of the molecule is O=c1[nH]ccc2c1c(-c1cccc(F)c1)n[n]2[Tl]. The molecule has 0 spiro atoms. The van der Waals surface area contributed by atoms with E-state index in [-0.39, 0.29) is 11.4 Å². The van der Waals surface area contributed by atoms with Crippen molar-refractivity contribution in [3.63, 3.8) is 0 Å². The minimum absolute atomic E-state index is 0.196. The fourth-order valence-electron chi connectivity index (χ4n) is 1.94. The van der Waals surface area contributed by atoms with Crippen LogP contribution in [0.2, 0.25) is 0 Å². The molecule has 18 heavy (non-hydrogen) atoms. The summed E-state index contributed by atoms with van der Waals surface area (Å²) in [5, 5.41) is 4.89. The number of benzene rings is 1. The minimum atomic E-state index is -0.335. The normalized spacial score (nSPS) is 10.9. The zero-order valence-corrected chi connectivity index (χ0v) is 13.7. The first-order valence-corrected chi connectivity index (χ1v) is 7.29.